The summed E-state index contributed by atoms with van der Waals surface area (Å²) >= 11 is 0. The Labute approximate surface area is 166 Å². The molecule has 5 rings (SSSR count). The maximum Gasteiger partial charge on any atom is 0.166 e. The highest BCUT2D eigenvalue weighted by Gasteiger charge is 2.52. The zero-order valence-electron chi connectivity index (χ0n) is 16.3. The van der Waals surface area contributed by atoms with E-state index in [1.807, 2.05) is 13.0 Å². The van der Waals surface area contributed by atoms with E-state index in [1.54, 1.807) is 0 Å². The predicted molar refractivity (Wildman–Crippen MR) is 109 cm³/mol. The van der Waals surface area contributed by atoms with Gasteiger partial charge in [-0.25, -0.2) is 0 Å². The highest BCUT2D eigenvalue weighted by Crippen LogP contribution is 2.55. The second-order valence-corrected chi connectivity index (χ2v) is 8.12. The molecular formula is C24H27NO3. The van der Waals surface area contributed by atoms with E-state index in [4.69, 9.17) is 9.47 Å². The quantitative estimate of drug-likeness (QED) is 0.823. The smallest absolute Gasteiger partial charge is 0.166 e. The Morgan fingerprint density at radius 3 is 2.89 bits per heavy atom. The SMILES string of the molecule is CCOc1ccc2c3c1O[C@H]1C[C@@H](O)C=C[C@@]31CCN(Cc1ccccc1)C2. The molecule has 4 nitrogen and oxygen atoms in total. The van der Waals surface area contributed by atoms with Gasteiger partial charge in [-0.15, -0.1) is 0 Å². The second-order valence-electron chi connectivity index (χ2n) is 8.12. The third-order valence-corrected chi connectivity index (χ3v) is 6.36. The number of benzene rings is 2. The molecule has 0 amide bonds. The van der Waals surface area contributed by atoms with Crippen LogP contribution in [0.2, 0.25) is 0 Å². The lowest BCUT2D eigenvalue weighted by molar-refractivity contribution is 0.0803. The standard InChI is InChI=1S/C24H27NO3/c1-2-27-20-9-8-18-16-25(15-17-6-4-3-5-7-17)13-12-24-11-10-19(26)14-21(24)28-23(20)22(18)24/h3-11,19,21,26H,2,12-16H2,1H3/t19-,21-,24-/m0/s1. The Morgan fingerprint density at radius 1 is 1.21 bits per heavy atom. The van der Waals surface area contributed by atoms with Crippen molar-refractivity contribution >= 4 is 0 Å². The largest absolute Gasteiger partial charge is 0.490 e. The van der Waals surface area contributed by atoms with Crippen LogP contribution in [0.1, 0.15) is 36.5 Å². The number of aliphatic hydroxyl groups excluding tert-OH is 1. The van der Waals surface area contributed by atoms with Crippen LogP contribution in [-0.4, -0.2) is 35.4 Å². The van der Waals surface area contributed by atoms with Gasteiger partial charge in [-0.3, -0.25) is 4.90 Å². The molecule has 0 saturated heterocycles. The van der Waals surface area contributed by atoms with Crippen molar-refractivity contribution in [1.82, 2.24) is 4.90 Å². The second kappa shape index (κ2) is 6.94. The first-order chi connectivity index (χ1) is 13.7. The Morgan fingerprint density at radius 2 is 2.07 bits per heavy atom. The molecule has 28 heavy (non-hydrogen) atoms. The maximum atomic E-state index is 10.2. The molecule has 0 aromatic heterocycles. The van der Waals surface area contributed by atoms with E-state index in [2.05, 4.69) is 53.4 Å². The van der Waals surface area contributed by atoms with E-state index in [1.165, 1.54) is 16.7 Å². The zero-order valence-corrected chi connectivity index (χ0v) is 16.3. The molecule has 1 N–H and O–H groups in total. The third kappa shape index (κ3) is 2.83. The molecule has 4 heteroatoms. The molecule has 1 spiro atoms. The van der Waals surface area contributed by atoms with Crippen LogP contribution in [0.15, 0.2) is 54.6 Å². The first kappa shape index (κ1) is 17.8. The fourth-order valence-electron chi connectivity index (χ4n) is 5.08. The number of ether oxygens (including phenoxy) is 2. The molecule has 2 heterocycles. The minimum atomic E-state index is -0.437. The van der Waals surface area contributed by atoms with Crippen LogP contribution in [0.3, 0.4) is 0 Å². The lowest BCUT2D eigenvalue weighted by Crippen LogP contribution is -2.43. The Hall–Kier alpha value is -2.30. The van der Waals surface area contributed by atoms with Gasteiger partial charge in [0.05, 0.1) is 18.1 Å². The van der Waals surface area contributed by atoms with Gasteiger partial charge in [-0.05, 0) is 30.5 Å². The van der Waals surface area contributed by atoms with E-state index >= 15 is 0 Å². The summed E-state index contributed by atoms with van der Waals surface area (Å²) in [5, 5.41) is 10.2. The molecule has 0 bridgehead atoms. The van der Waals surface area contributed by atoms with Crippen LogP contribution >= 0.6 is 0 Å². The lowest BCUT2D eigenvalue weighted by atomic mass is 9.69. The molecule has 2 aromatic rings. The van der Waals surface area contributed by atoms with E-state index in [-0.39, 0.29) is 11.5 Å². The summed E-state index contributed by atoms with van der Waals surface area (Å²) in [7, 11) is 0. The summed E-state index contributed by atoms with van der Waals surface area (Å²) in [6.45, 7) is 5.45. The summed E-state index contributed by atoms with van der Waals surface area (Å²) in [6.07, 6.45) is 5.33. The monoisotopic (exact) mass is 377 g/mol. The Balaban J connectivity index is 1.56. The van der Waals surface area contributed by atoms with Crippen LogP contribution in [0.4, 0.5) is 0 Å². The van der Waals surface area contributed by atoms with Gasteiger partial charge in [0.15, 0.2) is 11.5 Å². The van der Waals surface area contributed by atoms with Crippen LogP contribution in [0.25, 0.3) is 0 Å². The van der Waals surface area contributed by atoms with E-state index in [0.717, 1.165) is 37.6 Å². The van der Waals surface area contributed by atoms with Crippen LogP contribution in [-0.2, 0) is 18.5 Å². The number of hydrogen-bond acceptors (Lipinski definition) is 4. The number of rotatable bonds is 4. The van der Waals surface area contributed by atoms with Crippen LogP contribution < -0.4 is 9.47 Å². The van der Waals surface area contributed by atoms with Crippen molar-refractivity contribution in [1.29, 1.82) is 0 Å². The third-order valence-electron chi connectivity index (χ3n) is 6.36. The van der Waals surface area contributed by atoms with Crippen molar-refractivity contribution < 1.29 is 14.6 Å². The van der Waals surface area contributed by atoms with Crippen molar-refractivity contribution in [3.05, 3.63) is 71.3 Å². The van der Waals surface area contributed by atoms with Crippen molar-refractivity contribution in [2.45, 2.75) is 50.5 Å². The summed E-state index contributed by atoms with van der Waals surface area (Å²) in [6, 6.07) is 14.9. The Kier molecular flexibility index (Phi) is 4.41. The van der Waals surface area contributed by atoms with Gasteiger partial charge in [0.2, 0.25) is 0 Å². The van der Waals surface area contributed by atoms with Gasteiger partial charge < -0.3 is 14.6 Å². The summed E-state index contributed by atoms with van der Waals surface area (Å²) in [5.74, 6) is 1.72. The molecule has 0 saturated carbocycles. The summed E-state index contributed by atoms with van der Waals surface area (Å²) in [4.78, 5) is 2.52. The molecule has 1 aliphatic carbocycles. The summed E-state index contributed by atoms with van der Waals surface area (Å²) < 4.78 is 12.3. The van der Waals surface area contributed by atoms with Crippen molar-refractivity contribution in [3.63, 3.8) is 0 Å². The highest BCUT2D eigenvalue weighted by molar-refractivity contribution is 5.61. The normalized spacial score (nSPS) is 28.2. The fourth-order valence-corrected chi connectivity index (χ4v) is 5.08. The van der Waals surface area contributed by atoms with Gasteiger partial charge in [-0.2, -0.15) is 0 Å². The average Bonchev–Trinajstić information content (AvgIpc) is 2.95. The fraction of sp³-hybridized carbons (Fsp3) is 0.417. The lowest BCUT2D eigenvalue weighted by Gasteiger charge is -2.35. The van der Waals surface area contributed by atoms with Gasteiger partial charge in [0.1, 0.15) is 6.10 Å². The molecule has 0 radical (unpaired) electrons. The topological polar surface area (TPSA) is 41.9 Å². The van der Waals surface area contributed by atoms with Gasteiger partial charge in [-0.1, -0.05) is 48.6 Å². The predicted octanol–water partition coefficient (Wildman–Crippen LogP) is 3.81. The van der Waals surface area contributed by atoms with Crippen LogP contribution in [0, 0.1) is 0 Å². The molecule has 3 atom stereocenters. The van der Waals surface area contributed by atoms with Crippen molar-refractivity contribution in [3.8, 4) is 11.5 Å². The van der Waals surface area contributed by atoms with Gasteiger partial charge in [0.25, 0.3) is 0 Å². The van der Waals surface area contributed by atoms with Gasteiger partial charge in [0, 0.05) is 31.6 Å². The maximum absolute atomic E-state index is 10.2. The molecular weight excluding hydrogens is 350 g/mol. The van der Waals surface area contributed by atoms with E-state index in [0.29, 0.717) is 13.0 Å². The molecule has 0 unspecified atom stereocenters. The first-order valence-electron chi connectivity index (χ1n) is 10.3. The molecule has 3 aliphatic rings. The van der Waals surface area contributed by atoms with E-state index in [9.17, 15) is 5.11 Å². The number of hydrogen-bond donors (Lipinski definition) is 1. The molecule has 2 aliphatic heterocycles. The molecule has 0 fully saturated rings. The van der Waals surface area contributed by atoms with Crippen molar-refractivity contribution in [2.75, 3.05) is 13.2 Å². The van der Waals surface area contributed by atoms with Crippen LogP contribution in [0.5, 0.6) is 11.5 Å². The molecule has 2 aromatic carbocycles. The number of aliphatic hydroxyl groups is 1. The first-order valence-corrected chi connectivity index (χ1v) is 10.3. The van der Waals surface area contributed by atoms with Crippen molar-refractivity contribution in [2.24, 2.45) is 0 Å². The minimum Gasteiger partial charge on any atom is -0.490 e. The zero-order chi connectivity index (χ0) is 19.1. The minimum absolute atomic E-state index is 0.0282. The Bertz CT molecular complexity index is 894. The van der Waals surface area contributed by atoms with E-state index < -0.39 is 6.10 Å². The average molecular weight is 377 g/mol. The molecule has 146 valence electrons. The van der Waals surface area contributed by atoms with Gasteiger partial charge >= 0.3 is 0 Å². The summed E-state index contributed by atoms with van der Waals surface area (Å²) in [5.41, 5.74) is 3.77. The highest BCUT2D eigenvalue weighted by atomic mass is 16.5. The number of nitrogens with zero attached hydrogens (tertiary/aromatic N) is 1.